The van der Waals surface area contributed by atoms with Crippen LogP contribution in [0.25, 0.3) is 0 Å². The first-order valence-corrected chi connectivity index (χ1v) is 17.9. The summed E-state index contributed by atoms with van der Waals surface area (Å²) in [6.07, 6.45) is 9.55. The molecular formula is C39H57ClN2. The van der Waals surface area contributed by atoms with Gasteiger partial charge in [-0.3, -0.25) is 4.90 Å². The molecule has 4 aliphatic rings. The standard InChI is InChI=1S/C39H57ClN2/c1-25(2)31-15-12-27(5)20-36(31)39(37-21-28(6)13-16-32(37)26(3)4)24-42(19-18-41-39)38-23-34(29-10-8-7-9-11-29)33-17-14-30(40)22-35(33)38/h7-11,14,17,22,25-28,31-32,34,36-38,41H,12-13,15-16,18-21,23-24H2,1-6H3/t27?,28?,31?,32?,34-,36?,37?,38+,39?/m0/s1. The molecule has 1 heterocycles. The molecule has 2 saturated carbocycles. The Morgan fingerprint density at radius 3 is 2.00 bits per heavy atom. The highest BCUT2D eigenvalue weighted by Gasteiger charge is 2.56. The normalized spacial score (nSPS) is 37.7. The predicted molar refractivity (Wildman–Crippen MR) is 179 cm³/mol. The predicted octanol–water partition coefficient (Wildman–Crippen LogP) is 9.98. The van der Waals surface area contributed by atoms with Crippen LogP contribution >= 0.6 is 11.6 Å². The lowest BCUT2D eigenvalue weighted by Crippen LogP contribution is -2.71. The van der Waals surface area contributed by atoms with E-state index in [4.69, 9.17) is 11.6 Å². The van der Waals surface area contributed by atoms with Gasteiger partial charge in [0, 0.05) is 42.2 Å². The Bertz CT molecular complexity index is 1160. The number of halogens is 1. The zero-order valence-corrected chi connectivity index (χ0v) is 28.0. The van der Waals surface area contributed by atoms with E-state index in [1.165, 1.54) is 68.2 Å². The molecule has 0 bridgehead atoms. The second-order valence-electron chi connectivity index (χ2n) is 15.8. The fourth-order valence-electron chi connectivity index (χ4n) is 10.5. The van der Waals surface area contributed by atoms with E-state index in [9.17, 15) is 0 Å². The van der Waals surface area contributed by atoms with Crippen molar-refractivity contribution in [2.45, 2.75) is 104 Å². The summed E-state index contributed by atoms with van der Waals surface area (Å²) in [5.74, 6) is 6.67. The molecule has 1 N–H and O–H groups in total. The monoisotopic (exact) mass is 588 g/mol. The molecule has 0 amide bonds. The van der Waals surface area contributed by atoms with Gasteiger partial charge >= 0.3 is 0 Å². The fourth-order valence-corrected chi connectivity index (χ4v) is 10.7. The number of rotatable bonds is 6. The molecule has 3 fully saturated rings. The third kappa shape index (κ3) is 5.75. The van der Waals surface area contributed by atoms with Crippen LogP contribution in [0.3, 0.4) is 0 Å². The molecule has 2 aromatic rings. The molecule has 2 aromatic carbocycles. The van der Waals surface area contributed by atoms with Crippen LogP contribution in [-0.2, 0) is 0 Å². The van der Waals surface area contributed by atoms with Crippen LogP contribution in [0.5, 0.6) is 0 Å². The maximum Gasteiger partial charge on any atom is 0.0409 e. The molecule has 6 unspecified atom stereocenters. The van der Waals surface area contributed by atoms with E-state index in [1.54, 1.807) is 0 Å². The number of nitrogens with zero attached hydrogens (tertiary/aromatic N) is 1. The number of hydrogen-bond donors (Lipinski definition) is 1. The minimum atomic E-state index is 0.176. The molecular weight excluding hydrogens is 532 g/mol. The van der Waals surface area contributed by atoms with Crippen LogP contribution in [0.4, 0.5) is 0 Å². The summed E-state index contributed by atoms with van der Waals surface area (Å²) in [5, 5.41) is 5.33. The zero-order valence-electron chi connectivity index (χ0n) is 27.3. The summed E-state index contributed by atoms with van der Waals surface area (Å²) in [6.45, 7) is 18.6. The molecule has 3 heteroatoms. The van der Waals surface area contributed by atoms with Crippen molar-refractivity contribution in [3.8, 4) is 0 Å². The first kappa shape index (κ1) is 30.7. The second-order valence-corrected chi connectivity index (χ2v) is 16.2. The van der Waals surface area contributed by atoms with Crippen molar-refractivity contribution in [1.82, 2.24) is 10.2 Å². The Hall–Kier alpha value is -1.35. The van der Waals surface area contributed by atoms with E-state index < -0.39 is 0 Å². The number of fused-ring (bicyclic) bond motifs is 1. The molecule has 42 heavy (non-hydrogen) atoms. The zero-order chi connectivity index (χ0) is 29.6. The first-order valence-electron chi connectivity index (χ1n) is 17.5. The SMILES string of the molecule is CC1CCC(C(C)C)C(C2(C3CC(C)CCC3C(C)C)CN([C@@H]3C[C@@H](c4ccccc4)c4ccc(Cl)cc43)CCN2)C1. The quantitative estimate of drug-likeness (QED) is 0.361. The molecule has 0 spiro atoms. The van der Waals surface area contributed by atoms with E-state index in [-0.39, 0.29) is 5.54 Å². The highest BCUT2D eigenvalue weighted by molar-refractivity contribution is 6.30. The lowest BCUT2D eigenvalue weighted by atomic mass is 9.53. The molecule has 0 radical (unpaired) electrons. The van der Waals surface area contributed by atoms with Gasteiger partial charge in [0.15, 0.2) is 0 Å². The topological polar surface area (TPSA) is 15.3 Å². The van der Waals surface area contributed by atoms with Crippen LogP contribution < -0.4 is 5.32 Å². The summed E-state index contributed by atoms with van der Waals surface area (Å²) in [4.78, 5) is 2.95. The van der Waals surface area contributed by atoms with Gasteiger partial charge in [0.05, 0.1) is 0 Å². The molecule has 0 aromatic heterocycles. The van der Waals surface area contributed by atoms with Crippen molar-refractivity contribution in [3.05, 3.63) is 70.2 Å². The van der Waals surface area contributed by atoms with Crippen LogP contribution in [0.1, 0.15) is 115 Å². The summed E-state index contributed by atoms with van der Waals surface area (Å²) >= 11 is 6.73. The van der Waals surface area contributed by atoms with Gasteiger partial charge in [-0.1, -0.05) is 102 Å². The summed E-state index contributed by atoms with van der Waals surface area (Å²) in [7, 11) is 0. The van der Waals surface area contributed by atoms with Gasteiger partial charge in [-0.2, -0.15) is 0 Å². The van der Waals surface area contributed by atoms with Crippen molar-refractivity contribution < 1.29 is 0 Å². The molecule has 8 atom stereocenters. The van der Waals surface area contributed by atoms with Gasteiger partial charge in [-0.05, 0) is 108 Å². The van der Waals surface area contributed by atoms with Gasteiger partial charge in [-0.15, -0.1) is 0 Å². The summed E-state index contributed by atoms with van der Waals surface area (Å²) in [6, 6.07) is 18.4. The van der Waals surface area contributed by atoms with Crippen LogP contribution in [0, 0.1) is 47.3 Å². The van der Waals surface area contributed by atoms with Crippen molar-refractivity contribution in [2.24, 2.45) is 47.3 Å². The largest absolute Gasteiger partial charge is 0.308 e. The second kappa shape index (κ2) is 12.6. The van der Waals surface area contributed by atoms with E-state index >= 15 is 0 Å². The number of benzene rings is 2. The number of hydrogen-bond acceptors (Lipinski definition) is 2. The summed E-state index contributed by atoms with van der Waals surface area (Å²) in [5.41, 5.74) is 4.61. The highest BCUT2D eigenvalue weighted by atomic mass is 35.5. The van der Waals surface area contributed by atoms with Crippen molar-refractivity contribution >= 4 is 11.6 Å². The third-order valence-corrected chi connectivity index (χ3v) is 12.8. The smallest absolute Gasteiger partial charge is 0.0409 e. The van der Waals surface area contributed by atoms with Gasteiger partial charge in [0.25, 0.3) is 0 Å². The lowest BCUT2D eigenvalue weighted by molar-refractivity contribution is -0.0750. The first-order chi connectivity index (χ1) is 20.2. The van der Waals surface area contributed by atoms with E-state index in [0.717, 1.165) is 65.5 Å². The maximum absolute atomic E-state index is 6.73. The van der Waals surface area contributed by atoms with E-state index in [2.05, 4.69) is 100 Å². The van der Waals surface area contributed by atoms with Crippen molar-refractivity contribution in [1.29, 1.82) is 0 Å². The summed E-state index contributed by atoms with van der Waals surface area (Å²) < 4.78 is 0. The van der Waals surface area contributed by atoms with Crippen LogP contribution in [-0.4, -0.2) is 30.1 Å². The minimum Gasteiger partial charge on any atom is -0.308 e. The Morgan fingerprint density at radius 1 is 0.786 bits per heavy atom. The van der Waals surface area contributed by atoms with Crippen LogP contribution in [0.15, 0.2) is 48.5 Å². The average molecular weight is 589 g/mol. The Morgan fingerprint density at radius 2 is 1.40 bits per heavy atom. The van der Waals surface area contributed by atoms with Gasteiger partial charge < -0.3 is 5.32 Å². The van der Waals surface area contributed by atoms with Crippen molar-refractivity contribution in [2.75, 3.05) is 19.6 Å². The molecule has 6 rings (SSSR count). The maximum atomic E-state index is 6.73. The molecule has 1 aliphatic heterocycles. The average Bonchev–Trinajstić information content (AvgIpc) is 3.36. The minimum absolute atomic E-state index is 0.176. The third-order valence-electron chi connectivity index (χ3n) is 12.6. The van der Waals surface area contributed by atoms with Gasteiger partial charge in [0.2, 0.25) is 0 Å². The molecule has 1 saturated heterocycles. The molecule has 2 nitrogen and oxygen atoms in total. The van der Waals surface area contributed by atoms with Gasteiger partial charge in [-0.25, -0.2) is 0 Å². The van der Waals surface area contributed by atoms with E-state index in [1.807, 2.05) is 0 Å². The molecule has 230 valence electrons. The lowest BCUT2D eigenvalue weighted by Gasteiger charge is -2.61. The van der Waals surface area contributed by atoms with Crippen molar-refractivity contribution in [3.63, 3.8) is 0 Å². The Labute approximate surface area is 262 Å². The Balaban J connectivity index is 1.42. The molecule has 3 aliphatic carbocycles. The van der Waals surface area contributed by atoms with Gasteiger partial charge in [0.1, 0.15) is 0 Å². The highest BCUT2D eigenvalue weighted by Crippen LogP contribution is 2.55. The number of piperazine rings is 1. The number of nitrogens with one attached hydrogen (secondary N) is 1. The van der Waals surface area contributed by atoms with Crippen LogP contribution in [0.2, 0.25) is 5.02 Å². The Kier molecular flexibility index (Phi) is 9.18. The van der Waals surface area contributed by atoms with E-state index in [0.29, 0.717) is 12.0 Å². The fraction of sp³-hybridized carbons (Fsp3) is 0.692.